The third kappa shape index (κ3) is 4.08. The molecule has 1 amide bonds. The van der Waals surface area contributed by atoms with E-state index in [1.165, 1.54) is 0 Å². The summed E-state index contributed by atoms with van der Waals surface area (Å²) in [7, 11) is 0. The second kappa shape index (κ2) is 7.42. The third-order valence-corrected chi connectivity index (χ3v) is 4.04. The number of hydrogen-bond acceptors (Lipinski definition) is 4. The first-order valence-electron chi connectivity index (χ1n) is 7.97. The number of nitrogens with zero attached hydrogens (tertiary/aromatic N) is 3. The maximum absolute atomic E-state index is 12.6. The molecule has 122 valence electrons. The summed E-state index contributed by atoms with van der Waals surface area (Å²) < 4.78 is 6.75. The van der Waals surface area contributed by atoms with Gasteiger partial charge in [0.05, 0.1) is 18.7 Å². The van der Waals surface area contributed by atoms with Gasteiger partial charge in [-0.3, -0.25) is 14.3 Å². The average molecular weight is 307 g/mol. The molecule has 1 aromatic heterocycles. The highest BCUT2D eigenvalue weighted by Gasteiger charge is 2.29. The molecular formula is C16H25N3O3. The van der Waals surface area contributed by atoms with Crippen molar-refractivity contribution < 1.29 is 14.3 Å². The van der Waals surface area contributed by atoms with Crippen LogP contribution in [0.5, 0.6) is 0 Å². The zero-order valence-electron chi connectivity index (χ0n) is 13.7. The molecule has 0 unspecified atom stereocenters. The molecular weight excluding hydrogens is 282 g/mol. The molecule has 1 atom stereocenters. The summed E-state index contributed by atoms with van der Waals surface area (Å²) in [6, 6.07) is 1.91. The lowest BCUT2D eigenvalue weighted by Crippen LogP contribution is -2.46. The molecule has 0 radical (unpaired) electrons. The molecule has 22 heavy (non-hydrogen) atoms. The van der Waals surface area contributed by atoms with Gasteiger partial charge in [0, 0.05) is 18.3 Å². The molecule has 6 nitrogen and oxygen atoms in total. The van der Waals surface area contributed by atoms with Crippen LogP contribution < -0.4 is 0 Å². The van der Waals surface area contributed by atoms with E-state index in [-0.39, 0.29) is 30.9 Å². The minimum absolute atomic E-state index is 0.0280. The summed E-state index contributed by atoms with van der Waals surface area (Å²) in [6.07, 6.45) is 3.19. The third-order valence-electron chi connectivity index (χ3n) is 4.04. The van der Waals surface area contributed by atoms with Crippen LogP contribution in [0.15, 0.2) is 6.07 Å². The number of aromatic nitrogens is 2. The Morgan fingerprint density at radius 3 is 2.77 bits per heavy atom. The molecule has 2 rings (SSSR count). The Labute approximate surface area is 131 Å². The number of esters is 1. The Hall–Kier alpha value is -1.85. The van der Waals surface area contributed by atoms with Gasteiger partial charge in [-0.2, -0.15) is 5.10 Å². The van der Waals surface area contributed by atoms with Crippen LogP contribution in [0.25, 0.3) is 0 Å². The number of carbonyl (C=O) groups excluding carboxylic acids is 2. The fourth-order valence-electron chi connectivity index (χ4n) is 3.01. The fraction of sp³-hybridized carbons (Fsp3) is 0.688. The van der Waals surface area contributed by atoms with Crippen LogP contribution in [0, 0.1) is 13.8 Å². The largest absolute Gasteiger partial charge is 0.466 e. The van der Waals surface area contributed by atoms with Crippen LogP contribution in [0.3, 0.4) is 0 Å². The average Bonchev–Trinajstić information content (AvgIpc) is 2.77. The smallest absolute Gasteiger partial charge is 0.307 e. The topological polar surface area (TPSA) is 64.4 Å². The number of carbonyl (C=O) groups is 2. The van der Waals surface area contributed by atoms with E-state index in [9.17, 15) is 9.59 Å². The lowest BCUT2D eigenvalue weighted by molar-refractivity contribution is -0.146. The van der Waals surface area contributed by atoms with Gasteiger partial charge in [-0.15, -0.1) is 0 Å². The second-order valence-electron chi connectivity index (χ2n) is 5.83. The van der Waals surface area contributed by atoms with Crippen LogP contribution in [0.1, 0.15) is 44.0 Å². The van der Waals surface area contributed by atoms with E-state index in [2.05, 4.69) is 5.10 Å². The molecule has 1 saturated heterocycles. The van der Waals surface area contributed by atoms with Crippen molar-refractivity contribution in [1.29, 1.82) is 0 Å². The zero-order valence-corrected chi connectivity index (χ0v) is 13.7. The number of amides is 1. The number of hydrogen-bond donors (Lipinski definition) is 0. The highest BCUT2D eigenvalue weighted by atomic mass is 16.5. The Balaban J connectivity index is 2.01. The lowest BCUT2D eigenvalue weighted by Gasteiger charge is -2.35. The van der Waals surface area contributed by atoms with Gasteiger partial charge in [-0.25, -0.2) is 0 Å². The van der Waals surface area contributed by atoms with E-state index in [4.69, 9.17) is 4.74 Å². The minimum atomic E-state index is -0.224. The monoisotopic (exact) mass is 307 g/mol. The van der Waals surface area contributed by atoms with Gasteiger partial charge in [-0.05, 0) is 46.1 Å². The molecule has 1 aliphatic heterocycles. The zero-order chi connectivity index (χ0) is 16.1. The van der Waals surface area contributed by atoms with Crippen LogP contribution in [0.2, 0.25) is 0 Å². The molecule has 1 aromatic rings. The van der Waals surface area contributed by atoms with E-state index >= 15 is 0 Å². The van der Waals surface area contributed by atoms with E-state index in [0.29, 0.717) is 13.2 Å². The summed E-state index contributed by atoms with van der Waals surface area (Å²) in [6.45, 7) is 6.98. The summed E-state index contributed by atoms with van der Waals surface area (Å²) in [5, 5.41) is 4.34. The molecule has 0 saturated carbocycles. The van der Waals surface area contributed by atoms with Gasteiger partial charge < -0.3 is 9.64 Å². The van der Waals surface area contributed by atoms with Crippen molar-refractivity contribution in [2.24, 2.45) is 0 Å². The van der Waals surface area contributed by atoms with Crippen molar-refractivity contribution in [3.05, 3.63) is 17.5 Å². The normalized spacial score (nSPS) is 18.3. The molecule has 2 heterocycles. The van der Waals surface area contributed by atoms with Gasteiger partial charge in [-0.1, -0.05) is 0 Å². The Bertz CT molecular complexity index is 539. The van der Waals surface area contributed by atoms with E-state index in [0.717, 1.165) is 30.7 Å². The number of ether oxygens (including phenoxy) is 1. The molecule has 1 fully saturated rings. The number of likely N-dealkylation sites (tertiary alicyclic amines) is 1. The maximum Gasteiger partial charge on any atom is 0.307 e. The predicted molar refractivity (Wildman–Crippen MR) is 82.3 cm³/mol. The van der Waals surface area contributed by atoms with Crippen molar-refractivity contribution in [2.75, 3.05) is 13.2 Å². The molecule has 0 N–H and O–H groups in total. The summed E-state index contributed by atoms with van der Waals surface area (Å²) >= 11 is 0. The van der Waals surface area contributed by atoms with Crippen molar-refractivity contribution >= 4 is 11.9 Å². The van der Waals surface area contributed by atoms with Gasteiger partial charge >= 0.3 is 5.97 Å². The van der Waals surface area contributed by atoms with Gasteiger partial charge in [0.1, 0.15) is 6.54 Å². The molecule has 0 aromatic carbocycles. The molecule has 0 aliphatic carbocycles. The van der Waals surface area contributed by atoms with E-state index in [1.54, 1.807) is 11.6 Å². The van der Waals surface area contributed by atoms with Gasteiger partial charge in [0.25, 0.3) is 0 Å². The first-order chi connectivity index (χ1) is 10.5. The Kier molecular flexibility index (Phi) is 5.57. The molecule has 6 heteroatoms. The standard InChI is InChI=1S/C16H25N3O3/c1-4-22-16(21)10-14-7-5-6-8-18(14)15(20)11-19-13(3)9-12(2)17-19/h9,14H,4-8,10-11H2,1-3H3/t14-/m1/s1. The SMILES string of the molecule is CCOC(=O)C[C@H]1CCCCN1C(=O)Cn1nc(C)cc1C. The van der Waals surface area contributed by atoms with Gasteiger partial charge in [0.2, 0.25) is 5.91 Å². The molecule has 0 bridgehead atoms. The van der Waals surface area contributed by atoms with Gasteiger partial charge in [0.15, 0.2) is 0 Å². The summed E-state index contributed by atoms with van der Waals surface area (Å²) in [5.41, 5.74) is 1.89. The van der Waals surface area contributed by atoms with Crippen molar-refractivity contribution in [1.82, 2.24) is 14.7 Å². The fourth-order valence-corrected chi connectivity index (χ4v) is 3.01. The number of aryl methyl sites for hydroxylation is 2. The Morgan fingerprint density at radius 1 is 1.36 bits per heavy atom. The minimum Gasteiger partial charge on any atom is -0.466 e. The summed E-state index contributed by atoms with van der Waals surface area (Å²) in [4.78, 5) is 26.1. The first kappa shape index (κ1) is 16.5. The van der Waals surface area contributed by atoms with Crippen molar-refractivity contribution in [3.8, 4) is 0 Å². The van der Waals surface area contributed by atoms with Crippen LogP contribution >= 0.6 is 0 Å². The Morgan fingerprint density at radius 2 is 2.14 bits per heavy atom. The van der Waals surface area contributed by atoms with Crippen molar-refractivity contribution in [3.63, 3.8) is 0 Å². The lowest BCUT2D eigenvalue weighted by atomic mass is 9.99. The summed E-state index contributed by atoms with van der Waals surface area (Å²) in [5.74, 6) is -0.196. The second-order valence-corrected chi connectivity index (χ2v) is 5.83. The van der Waals surface area contributed by atoms with E-state index < -0.39 is 0 Å². The molecule has 1 aliphatic rings. The number of rotatable bonds is 5. The van der Waals surface area contributed by atoms with Crippen molar-refractivity contribution in [2.45, 2.75) is 59.0 Å². The molecule has 0 spiro atoms. The predicted octanol–water partition coefficient (Wildman–Crippen LogP) is 1.83. The van der Waals surface area contributed by atoms with E-state index in [1.807, 2.05) is 24.8 Å². The van der Waals surface area contributed by atoms with Crippen LogP contribution in [-0.2, 0) is 20.9 Å². The van der Waals surface area contributed by atoms with Crippen LogP contribution in [-0.4, -0.2) is 45.8 Å². The first-order valence-corrected chi connectivity index (χ1v) is 7.97. The highest BCUT2D eigenvalue weighted by Crippen LogP contribution is 2.21. The van der Waals surface area contributed by atoms with Crippen LogP contribution in [0.4, 0.5) is 0 Å². The quantitative estimate of drug-likeness (QED) is 0.779. The number of piperidine rings is 1. The maximum atomic E-state index is 12.6. The highest BCUT2D eigenvalue weighted by molar-refractivity contribution is 5.78.